The molecule has 3 aliphatic rings. The second kappa shape index (κ2) is 7.85. The minimum Gasteiger partial charge on any atom is -0.353 e. The third-order valence-corrected chi connectivity index (χ3v) is 7.36. The standard InChI is InChI=1S/C26H34N4O/c1-4-10-26(11-5-2)20-15-21-19(14-23(20)30(12-6-3)25(26)31)18-9-7-8-17-13-22(24(18)28-21)29-27-16-17/h14-16,27-28H,4-13H2,1-3H3. The minimum atomic E-state index is -0.374. The van der Waals surface area contributed by atoms with Crippen LogP contribution in [0.2, 0.25) is 0 Å². The Hall–Kier alpha value is -2.56. The number of nitrogens with zero attached hydrogens (tertiary/aromatic N) is 2. The van der Waals surface area contributed by atoms with Crippen molar-refractivity contribution in [3.05, 3.63) is 40.7 Å². The lowest BCUT2D eigenvalue weighted by Crippen LogP contribution is -2.40. The van der Waals surface area contributed by atoms with Crippen molar-refractivity contribution in [3.63, 3.8) is 0 Å². The van der Waals surface area contributed by atoms with E-state index in [1.54, 1.807) is 0 Å². The number of nitrogens with one attached hydrogen (secondary N) is 2. The Morgan fingerprint density at radius 3 is 2.65 bits per heavy atom. The number of carbonyl (C=O) groups excluding carboxylic acids is 1. The summed E-state index contributed by atoms with van der Waals surface area (Å²) in [5.74, 6) is 0.319. The van der Waals surface area contributed by atoms with E-state index in [1.165, 1.54) is 27.8 Å². The molecule has 0 radical (unpaired) electrons. The normalized spacial score (nSPS) is 19.3. The monoisotopic (exact) mass is 418 g/mol. The van der Waals surface area contributed by atoms with E-state index in [-0.39, 0.29) is 5.41 Å². The maximum absolute atomic E-state index is 13.8. The Labute approximate surface area is 185 Å². The number of H-pyrrole nitrogens is 1. The molecule has 2 bridgehead atoms. The number of aryl methyl sites for hydroxylation is 1. The van der Waals surface area contributed by atoms with Crippen LogP contribution in [-0.4, -0.2) is 23.1 Å². The van der Waals surface area contributed by atoms with Gasteiger partial charge < -0.3 is 9.88 Å². The first-order valence-corrected chi connectivity index (χ1v) is 12.1. The summed E-state index contributed by atoms with van der Waals surface area (Å²) in [6, 6.07) is 4.62. The summed E-state index contributed by atoms with van der Waals surface area (Å²) in [5.41, 5.74) is 11.4. The molecule has 0 saturated heterocycles. The average molecular weight is 419 g/mol. The highest BCUT2D eigenvalue weighted by molar-refractivity contribution is 6.12. The van der Waals surface area contributed by atoms with Crippen molar-refractivity contribution in [2.24, 2.45) is 5.10 Å². The molecule has 5 heteroatoms. The number of hydrazone groups is 1. The van der Waals surface area contributed by atoms with Crippen molar-refractivity contribution in [2.75, 3.05) is 11.4 Å². The summed E-state index contributed by atoms with van der Waals surface area (Å²) in [4.78, 5) is 19.6. The molecule has 0 fully saturated rings. The molecule has 31 heavy (non-hydrogen) atoms. The first-order valence-electron chi connectivity index (χ1n) is 12.1. The lowest BCUT2D eigenvalue weighted by atomic mass is 9.74. The molecule has 2 aliphatic heterocycles. The van der Waals surface area contributed by atoms with E-state index in [0.29, 0.717) is 5.91 Å². The highest BCUT2D eigenvalue weighted by Crippen LogP contribution is 2.49. The van der Waals surface area contributed by atoms with Gasteiger partial charge in [0.1, 0.15) is 0 Å². The molecule has 1 aromatic carbocycles. The molecule has 5 nitrogen and oxygen atoms in total. The second-order valence-electron chi connectivity index (χ2n) is 9.45. The highest BCUT2D eigenvalue weighted by Gasteiger charge is 2.49. The molecule has 1 aliphatic carbocycles. The third kappa shape index (κ3) is 3.04. The Morgan fingerprint density at radius 1 is 1.10 bits per heavy atom. The molecule has 0 atom stereocenters. The van der Waals surface area contributed by atoms with Gasteiger partial charge in [-0.05, 0) is 67.4 Å². The fraction of sp³-hybridized carbons (Fsp3) is 0.538. The molecule has 1 amide bonds. The van der Waals surface area contributed by atoms with Gasteiger partial charge in [0.25, 0.3) is 0 Å². The third-order valence-electron chi connectivity index (χ3n) is 7.36. The van der Waals surface area contributed by atoms with Gasteiger partial charge in [0.15, 0.2) is 0 Å². The molecule has 5 rings (SSSR count). The number of hydrogen-bond acceptors (Lipinski definition) is 3. The molecule has 164 valence electrons. The summed E-state index contributed by atoms with van der Waals surface area (Å²) in [6.45, 7) is 7.36. The fourth-order valence-corrected chi connectivity index (χ4v) is 6.09. The lowest BCUT2D eigenvalue weighted by molar-refractivity contribution is -0.123. The predicted molar refractivity (Wildman–Crippen MR) is 128 cm³/mol. The maximum Gasteiger partial charge on any atom is 0.237 e. The van der Waals surface area contributed by atoms with Crippen molar-refractivity contribution in [1.29, 1.82) is 0 Å². The summed E-state index contributed by atoms with van der Waals surface area (Å²) in [7, 11) is 0. The van der Waals surface area contributed by atoms with Crippen LogP contribution in [0, 0.1) is 0 Å². The van der Waals surface area contributed by atoms with Crippen LogP contribution in [0.1, 0.15) is 89.0 Å². The summed E-state index contributed by atoms with van der Waals surface area (Å²) in [5, 5.41) is 5.88. The Kier molecular flexibility index (Phi) is 5.15. The van der Waals surface area contributed by atoms with Gasteiger partial charge in [0, 0.05) is 35.8 Å². The van der Waals surface area contributed by atoms with Gasteiger partial charge >= 0.3 is 0 Å². The number of aromatic nitrogens is 1. The number of rotatable bonds is 6. The van der Waals surface area contributed by atoms with E-state index < -0.39 is 0 Å². The Morgan fingerprint density at radius 2 is 1.90 bits per heavy atom. The smallest absolute Gasteiger partial charge is 0.237 e. The number of aromatic amines is 1. The predicted octanol–water partition coefficient (Wildman–Crippen LogP) is 5.68. The minimum absolute atomic E-state index is 0.319. The number of amides is 1. The molecular formula is C26H34N4O. The summed E-state index contributed by atoms with van der Waals surface area (Å²) >= 11 is 0. The molecule has 2 N–H and O–H groups in total. The van der Waals surface area contributed by atoms with Gasteiger partial charge in [0.05, 0.1) is 16.8 Å². The van der Waals surface area contributed by atoms with Gasteiger partial charge in [-0.2, -0.15) is 5.10 Å². The van der Waals surface area contributed by atoms with E-state index in [4.69, 9.17) is 0 Å². The van der Waals surface area contributed by atoms with Gasteiger partial charge in [-0.15, -0.1) is 0 Å². The molecule has 0 unspecified atom stereocenters. The van der Waals surface area contributed by atoms with Crippen molar-refractivity contribution in [1.82, 2.24) is 10.4 Å². The van der Waals surface area contributed by atoms with Gasteiger partial charge in [0.2, 0.25) is 5.91 Å². The zero-order valence-electron chi connectivity index (χ0n) is 19.1. The van der Waals surface area contributed by atoms with E-state index in [9.17, 15) is 4.79 Å². The lowest BCUT2D eigenvalue weighted by Gasteiger charge is -2.28. The highest BCUT2D eigenvalue weighted by atomic mass is 16.2. The van der Waals surface area contributed by atoms with E-state index in [0.717, 1.165) is 81.2 Å². The van der Waals surface area contributed by atoms with Crippen LogP contribution in [-0.2, 0) is 16.6 Å². The van der Waals surface area contributed by atoms with Crippen molar-refractivity contribution in [2.45, 2.75) is 84.0 Å². The van der Waals surface area contributed by atoms with Gasteiger partial charge in [-0.25, -0.2) is 0 Å². The van der Waals surface area contributed by atoms with Crippen molar-refractivity contribution in [3.8, 4) is 0 Å². The number of allylic oxidation sites excluding steroid dienone is 1. The number of anilines is 1. The van der Waals surface area contributed by atoms with Crippen LogP contribution in [0.25, 0.3) is 10.9 Å². The first-order chi connectivity index (χ1) is 15.1. The van der Waals surface area contributed by atoms with Gasteiger partial charge in [-0.3, -0.25) is 10.2 Å². The molecule has 1 aromatic heterocycles. The quantitative estimate of drug-likeness (QED) is 0.634. The molecule has 2 aromatic rings. The SMILES string of the molecule is CCCN1C(=O)C(CCC)(CCC)c2cc3[nH]c4c(c3cc21)CCCC1=CNN=C4C1. The van der Waals surface area contributed by atoms with Crippen LogP contribution in [0.3, 0.4) is 0 Å². The van der Waals surface area contributed by atoms with E-state index in [1.807, 2.05) is 0 Å². The maximum atomic E-state index is 13.8. The number of fused-ring (bicyclic) bond motifs is 7. The Balaban J connectivity index is 1.72. The van der Waals surface area contributed by atoms with Crippen LogP contribution >= 0.6 is 0 Å². The van der Waals surface area contributed by atoms with Gasteiger partial charge in [-0.1, -0.05) is 33.6 Å². The first kappa shape index (κ1) is 20.3. The zero-order valence-corrected chi connectivity index (χ0v) is 19.1. The Bertz CT molecular complexity index is 1080. The second-order valence-corrected chi connectivity index (χ2v) is 9.45. The topological polar surface area (TPSA) is 60.5 Å². The van der Waals surface area contributed by atoms with E-state index in [2.05, 4.69) is 59.5 Å². The average Bonchev–Trinajstić information content (AvgIpc) is 3.22. The van der Waals surface area contributed by atoms with Crippen molar-refractivity contribution >= 4 is 28.2 Å². The summed E-state index contributed by atoms with van der Waals surface area (Å²) in [6.07, 6.45) is 11.1. The molecular weight excluding hydrogens is 384 g/mol. The number of carbonyl (C=O) groups is 1. The fourth-order valence-electron chi connectivity index (χ4n) is 6.09. The number of hydrogen-bond donors (Lipinski definition) is 2. The van der Waals surface area contributed by atoms with Crippen molar-refractivity contribution < 1.29 is 4.79 Å². The van der Waals surface area contributed by atoms with Crippen LogP contribution in [0.15, 0.2) is 29.0 Å². The molecule has 3 heterocycles. The van der Waals surface area contributed by atoms with Crippen LogP contribution in [0.5, 0.6) is 0 Å². The largest absolute Gasteiger partial charge is 0.353 e. The van der Waals surface area contributed by atoms with Crippen LogP contribution < -0.4 is 10.3 Å². The summed E-state index contributed by atoms with van der Waals surface area (Å²) < 4.78 is 0. The van der Waals surface area contributed by atoms with Crippen LogP contribution in [0.4, 0.5) is 5.69 Å². The molecule has 0 spiro atoms. The van der Waals surface area contributed by atoms with E-state index >= 15 is 0 Å². The molecule has 0 saturated carbocycles. The number of benzene rings is 1. The zero-order chi connectivity index (χ0) is 21.6.